The summed E-state index contributed by atoms with van der Waals surface area (Å²) in [6.45, 7) is 7.05. The van der Waals surface area contributed by atoms with E-state index in [0.29, 0.717) is 11.6 Å². The number of nitrogens with zero attached hydrogens (tertiary/aromatic N) is 3. The molecular weight excluding hydrogens is 298 g/mol. The molecule has 0 aliphatic carbocycles. The lowest BCUT2D eigenvalue weighted by Crippen LogP contribution is -2.28. The predicted molar refractivity (Wildman–Crippen MR) is 96.7 cm³/mol. The first-order chi connectivity index (χ1) is 11.6. The highest BCUT2D eigenvalue weighted by Crippen LogP contribution is 2.30. The van der Waals surface area contributed by atoms with Crippen molar-refractivity contribution >= 4 is 22.6 Å². The predicted octanol–water partition coefficient (Wildman–Crippen LogP) is 4.13. The van der Waals surface area contributed by atoms with Crippen molar-refractivity contribution in [3.05, 3.63) is 59.4 Å². The van der Waals surface area contributed by atoms with E-state index in [1.54, 1.807) is 0 Å². The zero-order chi connectivity index (χ0) is 16.8. The third-order valence-electron chi connectivity index (χ3n) is 4.76. The first-order valence-corrected chi connectivity index (χ1v) is 8.44. The van der Waals surface area contributed by atoms with Crippen LogP contribution in [0.4, 0.5) is 5.69 Å². The molecule has 3 aromatic rings. The first-order valence-electron chi connectivity index (χ1n) is 8.44. The molecule has 4 heteroatoms. The Morgan fingerprint density at radius 3 is 2.75 bits per heavy atom. The van der Waals surface area contributed by atoms with Gasteiger partial charge in [-0.3, -0.25) is 4.79 Å². The smallest absolute Gasteiger partial charge is 0.258 e. The van der Waals surface area contributed by atoms with Gasteiger partial charge in [-0.1, -0.05) is 18.2 Å². The van der Waals surface area contributed by atoms with Crippen LogP contribution in [0.15, 0.2) is 42.5 Å². The molecule has 122 valence electrons. The van der Waals surface area contributed by atoms with Gasteiger partial charge in [-0.05, 0) is 57.0 Å². The summed E-state index contributed by atoms with van der Waals surface area (Å²) in [6.07, 6.45) is 0.922. The van der Waals surface area contributed by atoms with Gasteiger partial charge in [0.15, 0.2) is 0 Å². The van der Waals surface area contributed by atoms with E-state index in [2.05, 4.69) is 29.5 Å². The lowest BCUT2D eigenvalue weighted by molar-refractivity contribution is 0.0989. The average molecular weight is 319 g/mol. The van der Waals surface area contributed by atoms with E-state index in [-0.39, 0.29) is 5.91 Å². The molecule has 0 unspecified atom stereocenters. The van der Waals surface area contributed by atoms with E-state index in [9.17, 15) is 4.79 Å². The third-order valence-corrected chi connectivity index (χ3v) is 4.76. The van der Waals surface area contributed by atoms with Crippen LogP contribution < -0.4 is 4.90 Å². The number of hydrogen-bond donors (Lipinski definition) is 0. The molecule has 2 aromatic carbocycles. The number of aromatic nitrogens is 2. The number of imidazole rings is 1. The fraction of sp³-hybridized carbons (Fsp3) is 0.300. The largest absolute Gasteiger partial charge is 0.326 e. The summed E-state index contributed by atoms with van der Waals surface area (Å²) >= 11 is 0. The molecule has 0 radical (unpaired) electrons. The van der Waals surface area contributed by atoms with Gasteiger partial charge in [0.25, 0.3) is 5.91 Å². The van der Waals surface area contributed by atoms with Crippen molar-refractivity contribution in [1.82, 2.24) is 9.55 Å². The molecule has 4 rings (SSSR count). The minimum Gasteiger partial charge on any atom is -0.326 e. The first kappa shape index (κ1) is 14.9. The summed E-state index contributed by atoms with van der Waals surface area (Å²) in [7, 11) is 0. The van der Waals surface area contributed by atoms with Gasteiger partial charge in [0, 0.05) is 23.8 Å². The molecule has 1 amide bonds. The highest BCUT2D eigenvalue weighted by molar-refractivity contribution is 6.08. The van der Waals surface area contributed by atoms with Crippen LogP contribution in [0.5, 0.6) is 0 Å². The Bertz CT molecular complexity index is 939. The Hall–Kier alpha value is -2.62. The number of amides is 1. The number of carbonyl (C=O) groups excluding carboxylic acids is 1. The van der Waals surface area contributed by atoms with Gasteiger partial charge in [0.05, 0.1) is 11.0 Å². The van der Waals surface area contributed by atoms with Crippen molar-refractivity contribution < 1.29 is 4.79 Å². The summed E-state index contributed by atoms with van der Waals surface area (Å²) in [6, 6.07) is 14.3. The molecule has 1 aliphatic heterocycles. The van der Waals surface area contributed by atoms with Crippen molar-refractivity contribution in [3.8, 4) is 0 Å². The Labute approximate surface area is 141 Å². The van der Waals surface area contributed by atoms with Crippen molar-refractivity contribution in [1.29, 1.82) is 0 Å². The van der Waals surface area contributed by atoms with Crippen LogP contribution in [0.1, 0.15) is 41.6 Å². The molecule has 1 aromatic heterocycles. The van der Waals surface area contributed by atoms with Crippen molar-refractivity contribution in [3.63, 3.8) is 0 Å². The maximum Gasteiger partial charge on any atom is 0.258 e. The molecule has 0 atom stereocenters. The fourth-order valence-electron chi connectivity index (χ4n) is 3.71. The summed E-state index contributed by atoms with van der Waals surface area (Å²) < 4.78 is 2.20. The quantitative estimate of drug-likeness (QED) is 0.712. The van der Waals surface area contributed by atoms with Gasteiger partial charge >= 0.3 is 0 Å². The number of para-hydroxylation sites is 1. The topological polar surface area (TPSA) is 38.1 Å². The number of anilines is 1. The number of rotatable bonds is 2. The molecule has 0 N–H and O–H groups in total. The zero-order valence-electron chi connectivity index (χ0n) is 14.3. The second kappa shape index (κ2) is 5.48. The Morgan fingerprint density at radius 2 is 1.96 bits per heavy atom. The summed E-state index contributed by atoms with van der Waals surface area (Å²) in [5, 5.41) is 0. The van der Waals surface area contributed by atoms with E-state index in [1.807, 2.05) is 48.2 Å². The number of benzene rings is 2. The molecule has 0 saturated heterocycles. The standard InChI is InChI=1S/C20H21N3O/c1-13(2)23-14(3)21-17-12-16(8-9-19(17)23)20(24)22-11-10-15-6-4-5-7-18(15)22/h4-9,12-13H,10-11H2,1-3H3. The Balaban J connectivity index is 1.74. The molecule has 0 fully saturated rings. The molecule has 0 bridgehead atoms. The minimum absolute atomic E-state index is 0.0543. The fourth-order valence-corrected chi connectivity index (χ4v) is 3.71. The van der Waals surface area contributed by atoms with E-state index in [1.165, 1.54) is 5.56 Å². The number of aryl methyl sites for hydroxylation is 1. The molecule has 2 heterocycles. The molecule has 0 spiro atoms. The average Bonchev–Trinajstić information content (AvgIpc) is 3.13. The van der Waals surface area contributed by atoms with Crippen LogP contribution in [-0.2, 0) is 6.42 Å². The van der Waals surface area contributed by atoms with Crippen LogP contribution in [0.25, 0.3) is 11.0 Å². The van der Waals surface area contributed by atoms with Gasteiger partial charge in [-0.2, -0.15) is 0 Å². The van der Waals surface area contributed by atoms with E-state index >= 15 is 0 Å². The lowest BCUT2D eigenvalue weighted by atomic mass is 10.1. The van der Waals surface area contributed by atoms with Crippen molar-refractivity contribution in [2.24, 2.45) is 0 Å². The number of carbonyl (C=O) groups is 1. The van der Waals surface area contributed by atoms with Crippen LogP contribution in [0.3, 0.4) is 0 Å². The minimum atomic E-state index is 0.0543. The van der Waals surface area contributed by atoms with E-state index in [4.69, 9.17) is 0 Å². The molecule has 1 aliphatic rings. The monoisotopic (exact) mass is 319 g/mol. The summed E-state index contributed by atoms with van der Waals surface area (Å²) in [5.41, 5.74) is 4.95. The second-order valence-electron chi connectivity index (χ2n) is 6.66. The van der Waals surface area contributed by atoms with Crippen LogP contribution in [0.2, 0.25) is 0 Å². The van der Waals surface area contributed by atoms with Gasteiger partial charge in [-0.25, -0.2) is 4.98 Å². The Morgan fingerprint density at radius 1 is 1.17 bits per heavy atom. The normalized spacial score (nSPS) is 13.8. The molecule has 4 nitrogen and oxygen atoms in total. The summed E-state index contributed by atoms with van der Waals surface area (Å²) in [4.78, 5) is 19.5. The zero-order valence-corrected chi connectivity index (χ0v) is 14.3. The van der Waals surface area contributed by atoms with Crippen LogP contribution >= 0.6 is 0 Å². The van der Waals surface area contributed by atoms with Crippen LogP contribution in [0, 0.1) is 6.92 Å². The van der Waals surface area contributed by atoms with Crippen LogP contribution in [-0.4, -0.2) is 22.0 Å². The molecule has 24 heavy (non-hydrogen) atoms. The number of fused-ring (bicyclic) bond motifs is 2. The van der Waals surface area contributed by atoms with Crippen molar-refractivity contribution in [2.75, 3.05) is 11.4 Å². The maximum absolute atomic E-state index is 13.0. The second-order valence-corrected chi connectivity index (χ2v) is 6.66. The maximum atomic E-state index is 13.0. The van der Waals surface area contributed by atoms with Gasteiger partial charge < -0.3 is 9.47 Å². The van der Waals surface area contributed by atoms with Gasteiger partial charge in [0.2, 0.25) is 0 Å². The third kappa shape index (κ3) is 2.21. The van der Waals surface area contributed by atoms with E-state index in [0.717, 1.165) is 35.5 Å². The van der Waals surface area contributed by atoms with E-state index < -0.39 is 0 Å². The number of hydrogen-bond acceptors (Lipinski definition) is 2. The summed E-state index contributed by atoms with van der Waals surface area (Å²) in [5.74, 6) is 1.04. The van der Waals surface area contributed by atoms with Gasteiger partial charge in [0.1, 0.15) is 5.82 Å². The lowest BCUT2D eigenvalue weighted by Gasteiger charge is -2.17. The SMILES string of the molecule is Cc1nc2cc(C(=O)N3CCc4ccccc43)ccc2n1C(C)C. The highest BCUT2D eigenvalue weighted by atomic mass is 16.2. The molecular formula is C20H21N3O. The Kier molecular flexibility index (Phi) is 3.41. The highest BCUT2D eigenvalue weighted by Gasteiger charge is 2.25. The molecule has 0 saturated carbocycles. The van der Waals surface area contributed by atoms with Gasteiger partial charge in [-0.15, -0.1) is 0 Å². The van der Waals surface area contributed by atoms with Crippen molar-refractivity contribution in [2.45, 2.75) is 33.2 Å².